The van der Waals surface area contributed by atoms with E-state index in [2.05, 4.69) is 63.6 Å². The van der Waals surface area contributed by atoms with Crippen LogP contribution in [0, 0.1) is 0 Å². The SMILES string of the molecule is C=C[C@H](c1ccc(Br)cc1)[C@@H](/C=C/c1ccccc1)NS(=O)C(C)(C)C. The standard InChI is InChI=1S/C22H26BrNOS/c1-5-20(18-12-14-19(23)15-13-18)21(24-26(25)22(2,3)4)16-11-17-9-7-6-8-10-17/h5-16,20-21,24H,1H2,2-4H3/b16-11+/t20-,21-,26?/m1/s1. The van der Waals surface area contributed by atoms with Crippen molar-refractivity contribution in [1.29, 1.82) is 0 Å². The van der Waals surface area contributed by atoms with Crippen LogP contribution < -0.4 is 4.72 Å². The van der Waals surface area contributed by atoms with Gasteiger partial charge < -0.3 is 0 Å². The molecule has 2 aromatic carbocycles. The van der Waals surface area contributed by atoms with Gasteiger partial charge in [0.05, 0.1) is 15.7 Å². The molecule has 2 nitrogen and oxygen atoms in total. The Morgan fingerprint density at radius 1 is 1.08 bits per heavy atom. The number of nitrogens with one attached hydrogen (secondary N) is 1. The van der Waals surface area contributed by atoms with E-state index in [1.54, 1.807) is 0 Å². The predicted molar refractivity (Wildman–Crippen MR) is 117 cm³/mol. The van der Waals surface area contributed by atoms with Gasteiger partial charge in [-0.05, 0) is 44.0 Å². The average Bonchev–Trinajstić information content (AvgIpc) is 2.61. The Bertz CT molecular complexity index is 763. The number of hydrogen-bond donors (Lipinski definition) is 1. The highest BCUT2D eigenvalue weighted by Crippen LogP contribution is 2.25. The molecule has 0 bridgehead atoms. The van der Waals surface area contributed by atoms with Crippen LogP contribution in [0.2, 0.25) is 0 Å². The highest BCUT2D eigenvalue weighted by Gasteiger charge is 2.26. The summed E-state index contributed by atoms with van der Waals surface area (Å²) < 4.78 is 16.7. The quantitative estimate of drug-likeness (QED) is 0.546. The Morgan fingerprint density at radius 2 is 1.69 bits per heavy atom. The summed E-state index contributed by atoms with van der Waals surface area (Å²) in [6, 6.07) is 18.2. The summed E-state index contributed by atoms with van der Waals surface area (Å²) in [5, 5.41) is 0. The lowest BCUT2D eigenvalue weighted by Gasteiger charge is -2.27. The molecule has 26 heavy (non-hydrogen) atoms. The smallest absolute Gasteiger partial charge is 0.0976 e. The third kappa shape index (κ3) is 6.04. The van der Waals surface area contributed by atoms with Gasteiger partial charge in [0.25, 0.3) is 0 Å². The molecule has 0 aromatic heterocycles. The molecule has 0 spiro atoms. The Balaban J connectivity index is 2.34. The van der Waals surface area contributed by atoms with E-state index in [1.165, 1.54) is 0 Å². The Morgan fingerprint density at radius 3 is 2.23 bits per heavy atom. The van der Waals surface area contributed by atoms with Crippen LogP contribution in [0.5, 0.6) is 0 Å². The van der Waals surface area contributed by atoms with E-state index >= 15 is 0 Å². The van der Waals surface area contributed by atoms with Crippen LogP contribution in [0.3, 0.4) is 0 Å². The van der Waals surface area contributed by atoms with Gasteiger partial charge in [0.2, 0.25) is 0 Å². The molecule has 0 amide bonds. The summed E-state index contributed by atoms with van der Waals surface area (Å²) in [6.45, 7) is 9.93. The molecule has 0 radical (unpaired) electrons. The average molecular weight is 432 g/mol. The topological polar surface area (TPSA) is 29.1 Å². The number of rotatable bonds is 7. The minimum absolute atomic E-state index is 0.00867. The maximum absolute atomic E-state index is 12.7. The molecule has 0 aliphatic carbocycles. The summed E-state index contributed by atoms with van der Waals surface area (Å²) in [5.41, 5.74) is 2.24. The Kier molecular flexibility index (Phi) is 7.56. The highest BCUT2D eigenvalue weighted by molar-refractivity contribution is 9.10. The van der Waals surface area contributed by atoms with Gasteiger partial charge >= 0.3 is 0 Å². The van der Waals surface area contributed by atoms with E-state index in [0.717, 1.165) is 15.6 Å². The summed E-state index contributed by atoms with van der Waals surface area (Å²) in [6.07, 6.45) is 6.05. The molecule has 4 heteroatoms. The van der Waals surface area contributed by atoms with Crippen LogP contribution in [0.4, 0.5) is 0 Å². The van der Waals surface area contributed by atoms with Crippen molar-refractivity contribution >= 4 is 33.0 Å². The minimum Gasteiger partial charge on any atom is -0.242 e. The van der Waals surface area contributed by atoms with Gasteiger partial charge in [-0.15, -0.1) is 6.58 Å². The molecule has 0 aliphatic heterocycles. The van der Waals surface area contributed by atoms with Crippen molar-refractivity contribution in [3.8, 4) is 0 Å². The van der Waals surface area contributed by atoms with Crippen molar-refractivity contribution in [2.75, 3.05) is 0 Å². The van der Waals surface area contributed by atoms with Crippen LogP contribution in [-0.4, -0.2) is 15.0 Å². The maximum Gasteiger partial charge on any atom is 0.0976 e. The minimum atomic E-state index is -1.18. The van der Waals surface area contributed by atoms with Crippen molar-refractivity contribution < 1.29 is 4.21 Å². The van der Waals surface area contributed by atoms with Gasteiger partial charge in [0, 0.05) is 16.4 Å². The Labute approximate surface area is 168 Å². The molecule has 1 unspecified atom stereocenters. The van der Waals surface area contributed by atoms with E-state index in [1.807, 2.05) is 57.2 Å². The zero-order chi connectivity index (χ0) is 19.2. The molecule has 0 heterocycles. The van der Waals surface area contributed by atoms with E-state index in [4.69, 9.17) is 0 Å². The molecule has 2 rings (SSSR count). The van der Waals surface area contributed by atoms with Crippen molar-refractivity contribution in [1.82, 2.24) is 4.72 Å². The number of benzene rings is 2. The molecular formula is C22H26BrNOS. The number of hydrogen-bond acceptors (Lipinski definition) is 1. The Hall–Kier alpha value is -1.49. The van der Waals surface area contributed by atoms with Crippen LogP contribution in [0.1, 0.15) is 37.8 Å². The zero-order valence-corrected chi connectivity index (χ0v) is 17.9. The second-order valence-corrected chi connectivity index (χ2v) is 10.0. The van der Waals surface area contributed by atoms with Gasteiger partial charge in [-0.2, -0.15) is 0 Å². The zero-order valence-electron chi connectivity index (χ0n) is 15.5. The van der Waals surface area contributed by atoms with Crippen LogP contribution in [0.25, 0.3) is 6.08 Å². The fourth-order valence-corrected chi connectivity index (χ4v) is 3.58. The molecule has 2 aromatic rings. The van der Waals surface area contributed by atoms with Gasteiger partial charge in [-0.3, -0.25) is 0 Å². The number of halogens is 1. The fourth-order valence-electron chi connectivity index (χ4n) is 2.49. The van der Waals surface area contributed by atoms with Crippen molar-refractivity contribution in [3.05, 3.63) is 88.9 Å². The van der Waals surface area contributed by atoms with Crippen LogP contribution >= 0.6 is 15.9 Å². The van der Waals surface area contributed by atoms with Crippen molar-refractivity contribution in [3.63, 3.8) is 0 Å². The highest BCUT2D eigenvalue weighted by atomic mass is 79.9. The van der Waals surface area contributed by atoms with Crippen molar-refractivity contribution in [2.45, 2.75) is 37.5 Å². The lowest BCUT2D eigenvalue weighted by molar-refractivity contribution is 0.604. The molecule has 0 fully saturated rings. The first-order valence-corrected chi connectivity index (χ1v) is 10.5. The van der Waals surface area contributed by atoms with Gasteiger partial charge in [0.1, 0.15) is 0 Å². The molecular weight excluding hydrogens is 406 g/mol. The van der Waals surface area contributed by atoms with Crippen LogP contribution in [0.15, 0.2) is 77.8 Å². The first-order chi connectivity index (χ1) is 12.3. The largest absolute Gasteiger partial charge is 0.242 e. The van der Waals surface area contributed by atoms with E-state index in [0.29, 0.717) is 0 Å². The molecule has 0 saturated heterocycles. The normalized spacial score (nSPS) is 15.5. The van der Waals surface area contributed by atoms with E-state index in [9.17, 15) is 4.21 Å². The molecule has 0 saturated carbocycles. The van der Waals surface area contributed by atoms with E-state index in [-0.39, 0.29) is 16.7 Å². The summed E-state index contributed by atoms with van der Waals surface area (Å²) in [5.74, 6) is 0.00867. The second-order valence-electron chi connectivity index (χ2n) is 7.11. The first-order valence-electron chi connectivity index (χ1n) is 8.60. The third-order valence-electron chi connectivity index (χ3n) is 3.99. The second kappa shape index (κ2) is 9.45. The van der Waals surface area contributed by atoms with Crippen LogP contribution in [-0.2, 0) is 11.0 Å². The molecule has 0 aliphatic rings. The van der Waals surface area contributed by atoms with Gasteiger partial charge in [-0.1, -0.05) is 76.6 Å². The first kappa shape index (κ1) is 20.8. The summed E-state index contributed by atoms with van der Waals surface area (Å²) in [4.78, 5) is 0. The fraction of sp³-hybridized carbons (Fsp3) is 0.273. The maximum atomic E-state index is 12.7. The molecule has 3 atom stereocenters. The molecule has 1 N–H and O–H groups in total. The predicted octanol–water partition coefficient (Wildman–Crippen LogP) is 5.85. The summed E-state index contributed by atoms with van der Waals surface area (Å²) in [7, 11) is -1.18. The lowest BCUT2D eigenvalue weighted by atomic mass is 9.91. The van der Waals surface area contributed by atoms with Gasteiger partial charge in [-0.25, -0.2) is 8.93 Å². The molecule has 138 valence electrons. The summed E-state index contributed by atoms with van der Waals surface area (Å²) >= 11 is 3.48. The third-order valence-corrected chi connectivity index (χ3v) is 6.12. The van der Waals surface area contributed by atoms with Gasteiger partial charge in [0.15, 0.2) is 0 Å². The monoisotopic (exact) mass is 431 g/mol. The lowest BCUT2D eigenvalue weighted by Crippen LogP contribution is -2.41. The van der Waals surface area contributed by atoms with E-state index < -0.39 is 11.0 Å². The van der Waals surface area contributed by atoms with Crippen molar-refractivity contribution in [2.24, 2.45) is 0 Å².